The Hall–Kier alpha value is -3.92. The molecule has 0 radical (unpaired) electrons. The number of rotatable bonds is 11. The Bertz CT molecular complexity index is 1250. The third kappa shape index (κ3) is 9.85. The monoisotopic (exact) mass is 537 g/mol. The highest BCUT2D eigenvalue weighted by atomic mass is 32.1. The Balaban J connectivity index is 1.36. The second-order valence-corrected chi connectivity index (χ2v) is 10.7. The Kier molecular flexibility index (Phi) is 10.2. The highest BCUT2D eigenvalue weighted by molar-refractivity contribution is 7.14. The molecule has 3 aromatic rings. The summed E-state index contributed by atoms with van der Waals surface area (Å²) in [5.74, 6) is -0.157. The third-order valence-electron chi connectivity index (χ3n) is 5.35. The van der Waals surface area contributed by atoms with Gasteiger partial charge in [0.1, 0.15) is 5.60 Å². The molecule has 0 unspecified atom stereocenters. The van der Waals surface area contributed by atoms with E-state index in [9.17, 15) is 14.4 Å². The summed E-state index contributed by atoms with van der Waals surface area (Å²) in [7, 11) is 0. The standard InChI is InChI=1S/C28H35N5O4S/c1-28(2,3)37-27(36)30-20-12-10-11-19(17-20)23-18-38-26(32-23)33-25(35)16-7-5-4-6-15-24(34)31-22-14-9-8-13-21(22)29/h8-14,17-18H,4-7,15-16,29H2,1-3H3,(H,30,36)(H,31,34)(H,32,33,35). The molecule has 9 nitrogen and oxygen atoms in total. The third-order valence-corrected chi connectivity index (χ3v) is 6.10. The van der Waals surface area contributed by atoms with Crippen molar-refractivity contribution in [2.24, 2.45) is 0 Å². The topological polar surface area (TPSA) is 135 Å². The number of ether oxygens (including phenoxy) is 1. The van der Waals surface area contributed by atoms with Crippen molar-refractivity contribution in [1.29, 1.82) is 0 Å². The summed E-state index contributed by atoms with van der Waals surface area (Å²) in [4.78, 5) is 41.0. The van der Waals surface area contributed by atoms with Crippen molar-refractivity contribution in [3.63, 3.8) is 0 Å². The van der Waals surface area contributed by atoms with Crippen LogP contribution >= 0.6 is 11.3 Å². The van der Waals surface area contributed by atoms with Crippen LogP contribution in [0.3, 0.4) is 0 Å². The smallest absolute Gasteiger partial charge is 0.412 e. The molecule has 10 heteroatoms. The van der Waals surface area contributed by atoms with E-state index in [0.717, 1.165) is 31.2 Å². The Morgan fingerprint density at radius 3 is 2.26 bits per heavy atom. The van der Waals surface area contributed by atoms with Crippen LogP contribution in [0.15, 0.2) is 53.9 Å². The average Bonchev–Trinajstić information content (AvgIpc) is 3.30. The number of nitrogens with two attached hydrogens (primary N) is 1. The van der Waals surface area contributed by atoms with Crippen LogP contribution in [-0.4, -0.2) is 28.5 Å². The number of thiazole rings is 1. The summed E-state index contributed by atoms with van der Waals surface area (Å²) in [5.41, 5.74) is 8.54. The molecule has 0 saturated carbocycles. The van der Waals surface area contributed by atoms with E-state index in [1.165, 1.54) is 11.3 Å². The SMILES string of the molecule is CC(C)(C)OC(=O)Nc1cccc(-c2csc(NC(=O)CCCCCCC(=O)Nc3ccccc3N)n2)c1. The highest BCUT2D eigenvalue weighted by Crippen LogP contribution is 2.27. The van der Waals surface area contributed by atoms with Gasteiger partial charge >= 0.3 is 6.09 Å². The van der Waals surface area contributed by atoms with Gasteiger partial charge in [0.2, 0.25) is 11.8 Å². The summed E-state index contributed by atoms with van der Waals surface area (Å²) in [5, 5.41) is 10.8. The molecular weight excluding hydrogens is 502 g/mol. The first-order chi connectivity index (χ1) is 18.1. The molecule has 0 spiro atoms. The first-order valence-corrected chi connectivity index (χ1v) is 13.5. The molecule has 202 valence electrons. The Labute approximate surface area is 227 Å². The number of amides is 3. The second kappa shape index (κ2) is 13.6. The molecule has 0 fully saturated rings. The van der Waals surface area contributed by atoms with E-state index in [1.807, 2.05) is 29.6 Å². The van der Waals surface area contributed by atoms with Gasteiger partial charge in [-0.3, -0.25) is 14.9 Å². The summed E-state index contributed by atoms with van der Waals surface area (Å²) >= 11 is 1.34. The van der Waals surface area contributed by atoms with Crippen molar-refractivity contribution in [2.45, 2.75) is 64.9 Å². The number of nitrogens with one attached hydrogen (secondary N) is 3. The molecule has 0 saturated heterocycles. The van der Waals surface area contributed by atoms with Crippen LogP contribution in [0, 0.1) is 0 Å². The number of hydrogen-bond donors (Lipinski definition) is 4. The molecule has 0 aliphatic heterocycles. The molecule has 38 heavy (non-hydrogen) atoms. The van der Waals surface area contributed by atoms with Gasteiger partial charge in [0.25, 0.3) is 0 Å². The molecule has 0 aliphatic rings. The minimum atomic E-state index is -0.585. The lowest BCUT2D eigenvalue weighted by Gasteiger charge is -2.19. The fourth-order valence-corrected chi connectivity index (χ4v) is 4.31. The first-order valence-electron chi connectivity index (χ1n) is 12.6. The van der Waals surface area contributed by atoms with Crippen molar-refractivity contribution in [3.8, 4) is 11.3 Å². The number of hydrogen-bond acceptors (Lipinski definition) is 7. The zero-order valence-corrected chi connectivity index (χ0v) is 22.8. The molecule has 5 N–H and O–H groups in total. The average molecular weight is 538 g/mol. The number of carbonyl (C=O) groups is 3. The lowest BCUT2D eigenvalue weighted by Crippen LogP contribution is -2.27. The minimum Gasteiger partial charge on any atom is -0.444 e. The summed E-state index contributed by atoms with van der Waals surface area (Å²) < 4.78 is 5.29. The van der Waals surface area contributed by atoms with Crippen molar-refractivity contribution in [3.05, 3.63) is 53.9 Å². The molecule has 1 heterocycles. The maximum Gasteiger partial charge on any atom is 0.412 e. The van der Waals surface area contributed by atoms with E-state index in [-0.39, 0.29) is 11.8 Å². The molecule has 0 aliphatic carbocycles. The Morgan fingerprint density at radius 2 is 1.58 bits per heavy atom. The van der Waals surface area contributed by atoms with E-state index >= 15 is 0 Å². The molecule has 0 bridgehead atoms. The number of nitrogens with zero attached hydrogens (tertiary/aromatic N) is 1. The molecule has 1 aromatic heterocycles. The number of unbranched alkanes of at least 4 members (excludes halogenated alkanes) is 3. The second-order valence-electron chi connectivity index (χ2n) is 9.84. The number of benzene rings is 2. The van der Waals surface area contributed by atoms with Crippen LogP contribution in [0.1, 0.15) is 59.3 Å². The number of aromatic nitrogens is 1. The molecule has 2 aromatic carbocycles. The van der Waals surface area contributed by atoms with Gasteiger partial charge in [-0.05, 0) is 57.9 Å². The van der Waals surface area contributed by atoms with Crippen LogP contribution in [-0.2, 0) is 14.3 Å². The largest absolute Gasteiger partial charge is 0.444 e. The molecular formula is C28H35N5O4S. The van der Waals surface area contributed by atoms with E-state index in [2.05, 4.69) is 20.9 Å². The maximum absolute atomic E-state index is 12.3. The Morgan fingerprint density at radius 1 is 0.895 bits per heavy atom. The number of carbonyl (C=O) groups excluding carboxylic acids is 3. The van der Waals surface area contributed by atoms with Gasteiger partial charge in [-0.1, -0.05) is 37.1 Å². The van der Waals surface area contributed by atoms with Crippen molar-refractivity contribution < 1.29 is 19.1 Å². The van der Waals surface area contributed by atoms with Crippen LogP contribution in [0.5, 0.6) is 0 Å². The van der Waals surface area contributed by atoms with Gasteiger partial charge < -0.3 is 21.1 Å². The van der Waals surface area contributed by atoms with Gasteiger partial charge in [-0.25, -0.2) is 9.78 Å². The van der Waals surface area contributed by atoms with Crippen molar-refractivity contribution in [1.82, 2.24) is 4.98 Å². The van der Waals surface area contributed by atoms with Crippen LogP contribution in [0.2, 0.25) is 0 Å². The maximum atomic E-state index is 12.3. The summed E-state index contributed by atoms with van der Waals surface area (Å²) in [6.07, 6.45) is 3.47. The van der Waals surface area contributed by atoms with Gasteiger partial charge in [0.15, 0.2) is 5.13 Å². The van der Waals surface area contributed by atoms with Crippen LogP contribution in [0.4, 0.5) is 27.0 Å². The van der Waals surface area contributed by atoms with Gasteiger partial charge in [-0.2, -0.15) is 0 Å². The van der Waals surface area contributed by atoms with Gasteiger partial charge in [0, 0.05) is 29.5 Å². The minimum absolute atomic E-state index is 0.0635. The molecule has 3 amide bonds. The first kappa shape index (κ1) is 28.6. The fraction of sp³-hybridized carbons (Fsp3) is 0.357. The van der Waals surface area contributed by atoms with Crippen molar-refractivity contribution >= 4 is 51.4 Å². The normalized spacial score (nSPS) is 11.0. The lowest BCUT2D eigenvalue weighted by atomic mass is 10.1. The van der Waals surface area contributed by atoms with E-state index in [4.69, 9.17) is 10.5 Å². The molecule has 0 atom stereocenters. The van der Waals surface area contributed by atoms with E-state index in [1.54, 1.807) is 45.0 Å². The lowest BCUT2D eigenvalue weighted by molar-refractivity contribution is -0.117. The highest BCUT2D eigenvalue weighted by Gasteiger charge is 2.16. The van der Waals surface area contributed by atoms with Gasteiger partial charge in [0.05, 0.1) is 17.1 Å². The fourth-order valence-electron chi connectivity index (χ4n) is 3.57. The zero-order valence-electron chi connectivity index (χ0n) is 22.0. The molecule has 3 rings (SSSR count). The van der Waals surface area contributed by atoms with Crippen LogP contribution in [0.25, 0.3) is 11.3 Å². The predicted molar refractivity (Wildman–Crippen MR) is 153 cm³/mol. The number of nitrogen functional groups attached to an aromatic ring is 1. The number of anilines is 4. The summed E-state index contributed by atoms with van der Waals surface area (Å²) in [6.45, 7) is 5.41. The zero-order chi connectivity index (χ0) is 27.5. The van der Waals surface area contributed by atoms with Gasteiger partial charge in [-0.15, -0.1) is 11.3 Å². The van der Waals surface area contributed by atoms with E-state index in [0.29, 0.717) is 40.7 Å². The van der Waals surface area contributed by atoms with Crippen LogP contribution < -0.4 is 21.7 Å². The van der Waals surface area contributed by atoms with Crippen molar-refractivity contribution in [2.75, 3.05) is 21.7 Å². The quantitative estimate of drug-likeness (QED) is 0.160. The predicted octanol–water partition coefficient (Wildman–Crippen LogP) is 6.66. The number of para-hydroxylation sites is 2. The summed E-state index contributed by atoms with van der Waals surface area (Å²) in [6, 6.07) is 14.5. The van der Waals surface area contributed by atoms with E-state index < -0.39 is 11.7 Å².